The van der Waals surface area contributed by atoms with Crippen LogP contribution in [0.5, 0.6) is 0 Å². The zero-order valence-corrected chi connectivity index (χ0v) is 7.68. The fourth-order valence-corrected chi connectivity index (χ4v) is 1.17. The molecule has 15 heavy (non-hydrogen) atoms. The number of rotatable bonds is 1. The Bertz CT molecular complexity index is 585. The second kappa shape index (κ2) is 3.41. The first-order valence-corrected chi connectivity index (χ1v) is 4.21. The van der Waals surface area contributed by atoms with E-state index in [1.165, 1.54) is 18.6 Å². The third-order valence-electron chi connectivity index (χ3n) is 1.93. The van der Waals surface area contributed by atoms with Crippen molar-refractivity contribution in [3.63, 3.8) is 0 Å². The lowest BCUT2D eigenvalue weighted by molar-refractivity contribution is 0.798. The second-order valence-corrected chi connectivity index (χ2v) is 2.90. The molecule has 0 unspecified atom stereocenters. The Morgan fingerprint density at radius 2 is 1.93 bits per heavy atom. The Hall–Kier alpha value is -2.37. The number of aromatic nitrogens is 3. The molecule has 3 N–H and O–H groups in total. The summed E-state index contributed by atoms with van der Waals surface area (Å²) >= 11 is 0. The number of H-pyrrole nitrogens is 1. The Balaban J connectivity index is 2.72. The molecular formula is C9H8N4O2. The first-order chi connectivity index (χ1) is 7.20. The quantitative estimate of drug-likeness (QED) is 0.612. The highest BCUT2D eigenvalue weighted by Gasteiger charge is 2.04. The van der Waals surface area contributed by atoms with Crippen molar-refractivity contribution >= 4 is 5.69 Å². The SMILES string of the molecule is Nc1c[nH]n(-c2ccncc2)c(=O)c1=O. The first-order valence-electron chi connectivity index (χ1n) is 4.21. The number of nitrogens with one attached hydrogen (secondary N) is 1. The fourth-order valence-electron chi connectivity index (χ4n) is 1.17. The summed E-state index contributed by atoms with van der Waals surface area (Å²) in [5.41, 5.74) is 4.32. The van der Waals surface area contributed by atoms with Crippen LogP contribution in [0.15, 0.2) is 40.3 Å². The standard InChI is InChI=1S/C9H8N4O2/c10-7-5-12-13(9(15)8(7)14)6-1-3-11-4-2-6/h1-5,12H,10H2. The zero-order valence-electron chi connectivity index (χ0n) is 7.68. The molecule has 0 radical (unpaired) electrons. The number of nitrogens with zero attached hydrogens (tertiary/aromatic N) is 2. The predicted molar refractivity (Wildman–Crippen MR) is 54.9 cm³/mol. The maximum atomic E-state index is 11.5. The number of aromatic amines is 1. The Morgan fingerprint density at radius 3 is 2.60 bits per heavy atom. The molecule has 0 aliphatic heterocycles. The molecule has 0 saturated heterocycles. The van der Waals surface area contributed by atoms with Crippen LogP contribution in [0.2, 0.25) is 0 Å². The molecule has 0 aromatic carbocycles. The van der Waals surface area contributed by atoms with Gasteiger partial charge in [-0.3, -0.25) is 19.7 Å². The highest BCUT2D eigenvalue weighted by Crippen LogP contribution is 1.98. The van der Waals surface area contributed by atoms with Gasteiger partial charge in [-0.1, -0.05) is 0 Å². The van der Waals surface area contributed by atoms with Gasteiger partial charge in [0.25, 0.3) is 5.43 Å². The zero-order chi connectivity index (χ0) is 10.8. The van der Waals surface area contributed by atoms with Gasteiger partial charge in [0.15, 0.2) is 0 Å². The van der Waals surface area contributed by atoms with Crippen molar-refractivity contribution in [3.8, 4) is 5.69 Å². The summed E-state index contributed by atoms with van der Waals surface area (Å²) in [6.45, 7) is 0. The number of nitrogen functional groups attached to an aromatic ring is 1. The number of hydrogen-bond donors (Lipinski definition) is 2. The van der Waals surface area contributed by atoms with Gasteiger partial charge in [0.2, 0.25) is 0 Å². The normalized spacial score (nSPS) is 10.1. The topological polar surface area (TPSA) is 93.8 Å². The summed E-state index contributed by atoms with van der Waals surface area (Å²) in [5, 5.41) is 2.61. The maximum absolute atomic E-state index is 11.5. The van der Waals surface area contributed by atoms with Gasteiger partial charge in [0, 0.05) is 18.6 Å². The van der Waals surface area contributed by atoms with Crippen molar-refractivity contribution in [1.82, 2.24) is 14.8 Å². The summed E-state index contributed by atoms with van der Waals surface area (Å²) in [6, 6.07) is 3.21. The minimum atomic E-state index is -0.717. The van der Waals surface area contributed by atoms with Gasteiger partial charge >= 0.3 is 5.56 Å². The van der Waals surface area contributed by atoms with Gasteiger partial charge in [-0.15, -0.1) is 0 Å². The lowest BCUT2D eigenvalue weighted by Gasteiger charge is -2.04. The summed E-state index contributed by atoms with van der Waals surface area (Å²) in [6.07, 6.45) is 4.33. The molecule has 2 aromatic heterocycles. The van der Waals surface area contributed by atoms with Crippen molar-refractivity contribution in [2.45, 2.75) is 0 Å². The smallest absolute Gasteiger partial charge is 0.319 e. The van der Waals surface area contributed by atoms with E-state index < -0.39 is 11.0 Å². The molecule has 0 saturated carbocycles. The lowest BCUT2D eigenvalue weighted by Crippen LogP contribution is -2.36. The van der Waals surface area contributed by atoms with Crippen LogP contribution >= 0.6 is 0 Å². The summed E-state index contributed by atoms with van der Waals surface area (Å²) < 4.78 is 1.11. The fraction of sp³-hybridized carbons (Fsp3) is 0. The van der Waals surface area contributed by atoms with Crippen molar-refractivity contribution in [2.24, 2.45) is 0 Å². The van der Waals surface area contributed by atoms with Gasteiger partial charge in [0.05, 0.1) is 5.69 Å². The van der Waals surface area contributed by atoms with E-state index in [0.29, 0.717) is 5.69 Å². The minimum absolute atomic E-state index is 0.0923. The number of nitrogens with two attached hydrogens (primary N) is 1. The molecule has 0 atom stereocenters. The van der Waals surface area contributed by atoms with E-state index in [1.54, 1.807) is 12.1 Å². The van der Waals surface area contributed by atoms with E-state index in [1.807, 2.05) is 0 Å². The highest BCUT2D eigenvalue weighted by atomic mass is 16.2. The molecule has 0 aliphatic carbocycles. The monoisotopic (exact) mass is 204 g/mol. The third-order valence-corrected chi connectivity index (χ3v) is 1.93. The van der Waals surface area contributed by atoms with Crippen LogP contribution in [0.25, 0.3) is 5.69 Å². The third kappa shape index (κ3) is 1.52. The van der Waals surface area contributed by atoms with E-state index in [9.17, 15) is 9.59 Å². The van der Waals surface area contributed by atoms with Crippen LogP contribution in [0.3, 0.4) is 0 Å². The van der Waals surface area contributed by atoms with Gasteiger partial charge in [-0.05, 0) is 12.1 Å². The number of anilines is 1. The molecule has 0 aliphatic rings. The van der Waals surface area contributed by atoms with E-state index >= 15 is 0 Å². The van der Waals surface area contributed by atoms with Crippen LogP contribution < -0.4 is 16.7 Å². The van der Waals surface area contributed by atoms with Gasteiger partial charge in [0.1, 0.15) is 5.69 Å². The van der Waals surface area contributed by atoms with Crippen molar-refractivity contribution in [2.75, 3.05) is 5.73 Å². The van der Waals surface area contributed by atoms with Crippen LogP contribution in [0, 0.1) is 0 Å². The summed E-state index contributed by atoms with van der Waals surface area (Å²) in [5.74, 6) is 0. The molecular weight excluding hydrogens is 196 g/mol. The molecule has 2 rings (SSSR count). The Kier molecular flexibility index (Phi) is 2.09. The molecule has 0 spiro atoms. The Morgan fingerprint density at radius 1 is 1.27 bits per heavy atom. The van der Waals surface area contributed by atoms with Crippen molar-refractivity contribution in [1.29, 1.82) is 0 Å². The van der Waals surface area contributed by atoms with Crippen molar-refractivity contribution in [3.05, 3.63) is 51.3 Å². The molecule has 6 nitrogen and oxygen atoms in total. The summed E-state index contributed by atoms with van der Waals surface area (Å²) in [7, 11) is 0. The largest absolute Gasteiger partial charge is 0.394 e. The van der Waals surface area contributed by atoms with Crippen molar-refractivity contribution < 1.29 is 0 Å². The van der Waals surface area contributed by atoms with E-state index in [4.69, 9.17) is 5.73 Å². The van der Waals surface area contributed by atoms with Gasteiger partial charge in [-0.2, -0.15) is 0 Å². The van der Waals surface area contributed by atoms with Crippen LogP contribution in [-0.4, -0.2) is 14.8 Å². The highest BCUT2D eigenvalue weighted by molar-refractivity contribution is 5.35. The maximum Gasteiger partial charge on any atom is 0.319 e. The van der Waals surface area contributed by atoms with E-state index in [-0.39, 0.29) is 5.69 Å². The predicted octanol–water partition coefficient (Wildman–Crippen LogP) is -0.497. The molecule has 2 aromatic rings. The number of pyridine rings is 1. The van der Waals surface area contributed by atoms with Crippen LogP contribution in [0.1, 0.15) is 0 Å². The average Bonchev–Trinajstić information content (AvgIpc) is 2.27. The first kappa shape index (κ1) is 9.20. The molecule has 0 amide bonds. The molecule has 76 valence electrons. The molecule has 0 bridgehead atoms. The van der Waals surface area contributed by atoms with Crippen LogP contribution in [-0.2, 0) is 0 Å². The summed E-state index contributed by atoms with van der Waals surface area (Å²) in [4.78, 5) is 26.6. The molecule has 0 fully saturated rings. The van der Waals surface area contributed by atoms with Gasteiger partial charge < -0.3 is 5.73 Å². The molecule has 2 heterocycles. The van der Waals surface area contributed by atoms with E-state index in [0.717, 1.165) is 4.68 Å². The number of hydrogen-bond acceptors (Lipinski definition) is 4. The average molecular weight is 204 g/mol. The molecule has 6 heteroatoms. The lowest BCUT2D eigenvalue weighted by atomic mass is 10.4. The second-order valence-electron chi connectivity index (χ2n) is 2.90. The van der Waals surface area contributed by atoms with Crippen LogP contribution in [0.4, 0.5) is 5.69 Å². The van der Waals surface area contributed by atoms with Gasteiger partial charge in [-0.25, -0.2) is 4.68 Å². The minimum Gasteiger partial charge on any atom is -0.394 e. The van der Waals surface area contributed by atoms with E-state index in [2.05, 4.69) is 10.1 Å². The Labute approximate surface area is 84.0 Å².